The van der Waals surface area contributed by atoms with Crippen molar-refractivity contribution >= 4 is 16.9 Å². The van der Waals surface area contributed by atoms with Gasteiger partial charge in [0.25, 0.3) is 0 Å². The lowest BCUT2D eigenvalue weighted by atomic mass is 10.1. The summed E-state index contributed by atoms with van der Waals surface area (Å²) in [6, 6.07) is 16.7. The molecular formula is C20H19NO4. The van der Waals surface area contributed by atoms with Crippen molar-refractivity contribution in [2.45, 2.75) is 13.5 Å². The van der Waals surface area contributed by atoms with E-state index in [4.69, 9.17) is 14.2 Å². The van der Waals surface area contributed by atoms with Gasteiger partial charge in [-0.15, -0.1) is 0 Å². The second-order valence-corrected chi connectivity index (χ2v) is 5.36. The zero-order valence-corrected chi connectivity index (χ0v) is 14.2. The van der Waals surface area contributed by atoms with Crippen LogP contribution in [0.15, 0.2) is 54.6 Å². The first-order chi connectivity index (χ1) is 12.2. The molecule has 0 unspecified atom stereocenters. The van der Waals surface area contributed by atoms with Crippen LogP contribution in [0.1, 0.15) is 23.0 Å². The third-order valence-corrected chi connectivity index (χ3v) is 3.73. The summed E-state index contributed by atoms with van der Waals surface area (Å²) in [5.41, 5.74) is 1.78. The quantitative estimate of drug-likeness (QED) is 0.636. The van der Waals surface area contributed by atoms with Crippen molar-refractivity contribution in [3.63, 3.8) is 0 Å². The molecule has 1 aromatic heterocycles. The number of aromatic nitrogens is 1. The van der Waals surface area contributed by atoms with Gasteiger partial charge in [0, 0.05) is 5.39 Å². The average molecular weight is 337 g/mol. The van der Waals surface area contributed by atoms with Crippen LogP contribution in [0.3, 0.4) is 0 Å². The maximum absolute atomic E-state index is 12.3. The Balaban J connectivity index is 1.89. The zero-order chi connectivity index (χ0) is 17.6. The lowest BCUT2D eigenvalue weighted by Crippen LogP contribution is -2.12. The van der Waals surface area contributed by atoms with Gasteiger partial charge >= 0.3 is 5.97 Å². The molecule has 0 radical (unpaired) electrons. The maximum atomic E-state index is 12.3. The number of nitrogens with zero attached hydrogens (tertiary/aromatic N) is 1. The molecule has 0 N–H and O–H groups in total. The molecule has 0 aliphatic heterocycles. The number of methoxy groups -OCH3 is 1. The van der Waals surface area contributed by atoms with E-state index in [9.17, 15) is 4.79 Å². The summed E-state index contributed by atoms with van der Waals surface area (Å²) in [6.07, 6.45) is 0. The molecule has 0 aliphatic carbocycles. The number of carbonyl (C=O) groups excluding carboxylic acids is 1. The summed E-state index contributed by atoms with van der Waals surface area (Å²) in [5.74, 6) is 1.03. The molecule has 3 rings (SSSR count). The van der Waals surface area contributed by atoms with E-state index in [2.05, 4.69) is 4.98 Å². The van der Waals surface area contributed by atoms with E-state index < -0.39 is 5.97 Å². The van der Waals surface area contributed by atoms with Crippen LogP contribution in [0.4, 0.5) is 0 Å². The van der Waals surface area contributed by atoms with Gasteiger partial charge in [-0.05, 0) is 43.3 Å². The number of hydrogen-bond acceptors (Lipinski definition) is 5. The van der Waals surface area contributed by atoms with Crippen LogP contribution in [-0.4, -0.2) is 24.7 Å². The molecule has 0 saturated carbocycles. The van der Waals surface area contributed by atoms with Gasteiger partial charge in [0.1, 0.15) is 18.1 Å². The fraction of sp³-hybridized carbons (Fsp3) is 0.200. The lowest BCUT2D eigenvalue weighted by Gasteiger charge is -2.11. The monoisotopic (exact) mass is 337 g/mol. The van der Waals surface area contributed by atoms with Crippen molar-refractivity contribution in [1.82, 2.24) is 4.98 Å². The van der Waals surface area contributed by atoms with E-state index in [1.165, 1.54) is 0 Å². The first-order valence-electron chi connectivity index (χ1n) is 8.04. The summed E-state index contributed by atoms with van der Waals surface area (Å²) in [7, 11) is 1.61. The predicted octanol–water partition coefficient (Wildman–Crippen LogP) is 4.00. The third-order valence-electron chi connectivity index (χ3n) is 3.73. The Morgan fingerprint density at radius 1 is 1.04 bits per heavy atom. The molecule has 25 heavy (non-hydrogen) atoms. The molecule has 2 aromatic carbocycles. The van der Waals surface area contributed by atoms with Gasteiger partial charge in [0.05, 0.1) is 30.5 Å². The standard InChI is InChI=1S/C20H19NO4/c1-3-24-20(22)17-12-14-6-4-5-7-18(14)21-19(17)13-25-16-10-8-15(23-2)9-11-16/h4-12H,3,13H2,1-2H3. The van der Waals surface area contributed by atoms with Crippen LogP contribution in [0.5, 0.6) is 11.5 Å². The van der Waals surface area contributed by atoms with Crippen LogP contribution < -0.4 is 9.47 Å². The molecule has 0 fully saturated rings. The van der Waals surface area contributed by atoms with Gasteiger partial charge in [-0.25, -0.2) is 9.78 Å². The highest BCUT2D eigenvalue weighted by Crippen LogP contribution is 2.21. The minimum Gasteiger partial charge on any atom is -0.497 e. The SMILES string of the molecule is CCOC(=O)c1cc2ccccc2nc1COc1ccc(OC)cc1. The zero-order valence-electron chi connectivity index (χ0n) is 14.2. The van der Waals surface area contributed by atoms with E-state index >= 15 is 0 Å². The third kappa shape index (κ3) is 3.88. The molecule has 0 bridgehead atoms. The smallest absolute Gasteiger partial charge is 0.340 e. The summed E-state index contributed by atoms with van der Waals surface area (Å²) in [5, 5.41) is 0.888. The van der Waals surface area contributed by atoms with E-state index in [0.717, 1.165) is 16.7 Å². The van der Waals surface area contributed by atoms with Gasteiger partial charge < -0.3 is 14.2 Å². The fourth-order valence-electron chi connectivity index (χ4n) is 2.48. The topological polar surface area (TPSA) is 57.7 Å². The average Bonchev–Trinajstić information content (AvgIpc) is 2.66. The first-order valence-corrected chi connectivity index (χ1v) is 8.04. The number of ether oxygens (including phenoxy) is 3. The van der Waals surface area contributed by atoms with Gasteiger partial charge in [0.15, 0.2) is 0 Å². The summed E-state index contributed by atoms with van der Waals surface area (Å²) in [6.45, 7) is 2.26. The van der Waals surface area contributed by atoms with Crippen LogP contribution in [0.25, 0.3) is 10.9 Å². The second kappa shape index (κ2) is 7.66. The number of para-hydroxylation sites is 1. The number of pyridine rings is 1. The molecule has 128 valence electrons. The minimum atomic E-state index is -0.394. The maximum Gasteiger partial charge on any atom is 0.340 e. The lowest BCUT2D eigenvalue weighted by molar-refractivity contribution is 0.0523. The Morgan fingerprint density at radius 3 is 2.48 bits per heavy atom. The number of esters is 1. The van der Waals surface area contributed by atoms with Crippen molar-refractivity contribution in [3.8, 4) is 11.5 Å². The number of fused-ring (bicyclic) bond motifs is 1. The molecule has 1 heterocycles. The van der Waals surface area contributed by atoms with E-state index in [1.807, 2.05) is 48.5 Å². The molecule has 0 aliphatic rings. The van der Waals surface area contributed by atoms with Gasteiger partial charge in [-0.3, -0.25) is 0 Å². The van der Waals surface area contributed by atoms with E-state index in [-0.39, 0.29) is 6.61 Å². The number of hydrogen-bond donors (Lipinski definition) is 0. The highest BCUT2D eigenvalue weighted by Gasteiger charge is 2.16. The van der Waals surface area contributed by atoms with Gasteiger partial charge in [0.2, 0.25) is 0 Å². The molecule has 5 nitrogen and oxygen atoms in total. The summed E-state index contributed by atoms with van der Waals surface area (Å²) >= 11 is 0. The molecule has 0 atom stereocenters. The second-order valence-electron chi connectivity index (χ2n) is 5.36. The molecule has 0 amide bonds. The van der Waals surface area contributed by atoms with Crippen molar-refractivity contribution < 1.29 is 19.0 Å². The van der Waals surface area contributed by atoms with Crippen molar-refractivity contribution in [2.75, 3.05) is 13.7 Å². The first kappa shape index (κ1) is 16.8. The number of carbonyl (C=O) groups is 1. The Labute approximate surface area is 146 Å². The molecule has 0 spiro atoms. The Hall–Kier alpha value is -3.08. The largest absolute Gasteiger partial charge is 0.497 e. The Morgan fingerprint density at radius 2 is 1.76 bits per heavy atom. The summed E-state index contributed by atoms with van der Waals surface area (Å²) in [4.78, 5) is 16.8. The Bertz CT molecular complexity index is 875. The van der Waals surface area contributed by atoms with Crippen LogP contribution in [0, 0.1) is 0 Å². The minimum absolute atomic E-state index is 0.172. The molecule has 3 aromatic rings. The number of rotatable bonds is 6. The molecule has 5 heteroatoms. The van der Waals surface area contributed by atoms with Crippen LogP contribution in [0.2, 0.25) is 0 Å². The van der Waals surface area contributed by atoms with Gasteiger partial charge in [-0.1, -0.05) is 18.2 Å². The van der Waals surface area contributed by atoms with Crippen molar-refractivity contribution in [1.29, 1.82) is 0 Å². The highest BCUT2D eigenvalue weighted by molar-refractivity contribution is 5.95. The predicted molar refractivity (Wildman–Crippen MR) is 95.0 cm³/mol. The summed E-state index contributed by atoms with van der Waals surface area (Å²) < 4.78 is 16.1. The fourth-order valence-corrected chi connectivity index (χ4v) is 2.48. The molecule has 0 saturated heterocycles. The normalized spacial score (nSPS) is 10.5. The number of benzene rings is 2. The van der Waals surface area contributed by atoms with Crippen molar-refractivity contribution in [2.24, 2.45) is 0 Å². The molecular weight excluding hydrogens is 318 g/mol. The van der Waals surface area contributed by atoms with Crippen molar-refractivity contribution in [3.05, 3.63) is 65.9 Å². The van der Waals surface area contributed by atoms with Crippen LogP contribution in [-0.2, 0) is 11.3 Å². The van der Waals surface area contributed by atoms with E-state index in [1.54, 1.807) is 20.1 Å². The van der Waals surface area contributed by atoms with Gasteiger partial charge in [-0.2, -0.15) is 0 Å². The van der Waals surface area contributed by atoms with Crippen LogP contribution >= 0.6 is 0 Å². The highest BCUT2D eigenvalue weighted by atomic mass is 16.5. The Kier molecular flexibility index (Phi) is 5.14. The van der Waals surface area contributed by atoms with E-state index in [0.29, 0.717) is 23.6 Å².